The van der Waals surface area contributed by atoms with Gasteiger partial charge in [0.25, 0.3) is 0 Å². The average Bonchev–Trinajstić information content (AvgIpc) is 2.92. The summed E-state index contributed by atoms with van der Waals surface area (Å²) in [6.07, 6.45) is 0. The molecule has 0 saturated heterocycles. The molecule has 0 amide bonds. The van der Waals surface area contributed by atoms with E-state index in [9.17, 15) is 10.1 Å². The molecule has 0 aliphatic heterocycles. The summed E-state index contributed by atoms with van der Waals surface area (Å²) >= 11 is 1.12. The fourth-order valence-electron chi connectivity index (χ4n) is 2.72. The van der Waals surface area contributed by atoms with Gasteiger partial charge < -0.3 is 20.1 Å². The Morgan fingerprint density at radius 3 is 2.50 bits per heavy atom. The largest absolute Gasteiger partial charge is 0.494 e. The Morgan fingerprint density at radius 2 is 1.92 bits per heavy atom. The number of rotatable bonds is 8. The first-order valence-electron chi connectivity index (χ1n) is 8.51. The Hall–Kier alpha value is -2.56. The van der Waals surface area contributed by atoms with E-state index in [-0.39, 0.29) is 6.61 Å². The van der Waals surface area contributed by atoms with Crippen LogP contribution < -0.4 is 15.4 Å². The second-order valence-electron chi connectivity index (χ2n) is 5.87. The molecule has 1 heterocycles. The smallest absolute Gasteiger partial charge is 0.348 e. The molecule has 0 spiro atoms. The zero-order valence-electron chi connectivity index (χ0n) is 15.3. The van der Waals surface area contributed by atoms with Crippen molar-refractivity contribution in [3.05, 3.63) is 45.8 Å². The Labute approximate surface area is 157 Å². The van der Waals surface area contributed by atoms with Crippen molar-refractivity contribution in [2.24, 2.45) is 0 Å². The van der Waals surface area contributed by atoms with E-state index >= 15 is 0 Å². The topological polar surface area (TPSA) is 89.8 Å². The highest BCUT2D eigenvalue weighted by molar-refractivity contribution is 7.18. The second kappa shape index (κ2) is 9.22. The van der Waals surface area contributed by atoms with E-state index in [4.69, 9.17) is 15.2 Å². The lowest BCUT2D eigenvalue weighted by atomic mass is 10.1. The zero-order valence-corrected chi connectivity index (χ0v) is 16.1. The first-order valence-corrected chi connectivity index (χ1v) is 9.33. The summed E-state index contributed by atoms with van der Waals surface area (Å²) in [5.74, 6) is 0.422. The van der Waals surface area contributed by atoms with Crippen molar-refractivity contribution in [1.29, 1.82) is 5.26 Å². The Morgan fingerprint density at radius 1 is 1.23 bits per heavy atom. The molecular weight excluding hydrogens is 350 g/mol. The van der Waals surface area contributed by atoms with Crippen molar-refractivity contribution in [3.63, 3.8) is 0 Å². The number of nitrogen functional groups attached to an aromatic ring is 1. The Kier molecular flexibility index (Phi) is 7.01. The summed E-state index contributed by atoms with van der Waals surface area (Å²) in [5.41, 5.74) is 8.11. The molecule has 0 bridgehead atoms. The van der Waals surface area contributed by atoms with Gasteiger partial charge in [-0.3, -0.25) is 0 Å². The number of nitriles is 1. The summed E-state index contributed by atoms with van der Waals surface area (Å²) < 4.78 is 10.6. The van der Waals surface area contributed by atoms with Crippen molar-refractivity contribution >= 4 is 22.3 Å². The fourth-order valence-corrected chi connectivity index (χ4v) is 3.65. The van der Waals surface area contributed by atoms with Crippen LogP contribution in [0.5, 0.6) is 5.75 Å². The van der Waals surface area contributed by atoms with Gasteiger partial charge in [-0.1, -0.05) is 0 Å². The van der Waals surface area contributed by atoms with Crippen LogP contribution in [0.25, 0.3) is 0 Å². The number of esters is 1. The molecule has 0 aliphatic carbocycles. The molecule has 0 saturated carbocycles. The number of carbonyl (C=O) groups is 1. The van der Waals surface area contributed by atoms with E-state index in [2.05, 4.69) is 6.07 Å². The normalized spacial score (nSPS) is 11.6. The van der Waals surface area contributed by atoms with E-state index in [1.165, 1.54) is 0 Å². The summed E-state index contributed by atoms with van der Waals surface area (Å²) in [6, 6.07) is 10.1. The number of ether oxygens (including phenoxy) is 2. The molecule has 1 aromatic heterocycles. The SMILES string of the molecule is CCOC(=O)c1sc(N)c(C#N)c1C[NH+](C)Cc1ccc(OCC)cc1. The maximum Gasteiger partial charge on any atom is 0.348 e. The van der Waals surface area contributed by atoms with Gasteiger partial charge in [-0.05, 0) is 38.1 Å². The maximum atomic E-state index is 12.2. The number of nitrogens with two attached hydrogens (primary N) is 1. The maximum absolute atomic E-state index is 12.2. The molecule has 0 aliphatic rings. The van der Waals surface area contributed by atoms with Crippen LogP contribution >= 0.6 is 11.3 Å². The van der Waals surface area contributed by atoms with Gasteiger partial charge in [0.05, 0.1) is 31.4 Å². The zero-order chi connectivity index (χ0) is 19.1. The van der Waals surface area contributed by atoms with Crippen LogP contribution in [0.1, 0.15) is 40.2 Å². The predicted molar refractivity (Wildman–Crippen MR) is 101 cm³/mol. The molecule has 1 aromatic carbocycles. The van der Waals surface area contributed by atoms with Crippen LogP contribution in [0.3, 0.4) is 0 Å². The number of nitrogens with zero attached hydrogens (tertiary/aromatic N) is 1. The molecule has 6 nitrogen and oxygen atoms in total. The molecule has 1 atom stereocenters. The van der Waals surface area contributed by atoms with Gasteiger partial charge in [-0.2, -0.15) is 5.26 Å². The van der Waals surface area contributed by atoms with Gasteiger partial charge in [0, 0.05) is 5.56 Å². The van der Waals surface area contributed by atoms with Gasteiger partial charge in [0.2, 0.25) is 0 Å². The van der Waals surface area contributed by atoms with Crippen LogP contribution in [-0.2, 0) is 17.8 Å². The van der Waals surface area contributed by atoms with Gasteiger partial charge in [0.15, 0.2) is 0 Å². The van der Waals surface area contributed by atoms with E-state index in [1.54, 1.807) is 6.92 Å². The van der Waals surface area contributed by atoms with Crippen LogP contribution in [0, 0.1) is 11.3 Å². The molecule has 2 aromatic rings. The number of anilines is 1. The minimum Gasteiger partial charge on any atom is -0.494 e. The van der Waals surface area contributed by atoms with Gasteiger partial charge >= 0.3 is 5.97 Å². The highest BCUT2D eigenvalue weighted by Crippen LogP contribution is 2.30. The standard InChI is InChI=1S/C19H23N3O3S/c1-4-24-14-8-6-13(7-9-14)11-22(3)12-16-15(10-20)18(21)26-17(16)19(23)25-5-2/h6-9H,4-5,11-12,21H2,1-3H3/p+1. The molecular formula is C19H24N3O3S+. The first kappa shape index (κ1) is 19.8. The third-order valence-electron chi connectivity index (χ3n) is 3.83. The predicted octanol–water partition coefficient (Wildman–Crippen LogP) is 1.99. The number of carbonyl (C=O) groups excluding carboxylic acids is 1. The first-order chi connectivity index (χ1) is 12.5. The van der Waals surface area contributed by atoms with Crippen molar-refractivity contribution in [3.8, 4) is 11.8 Å². The van der Waals surface area contributed by atoms with Crippen molar-refractivity contribution in [2.45, 2.75) is 26.9 Å². The number of hydrogen-bond acceptors (Lipinski definition) is 6. The number of benzene rings is 1. The summed E-state index contributed by atoms with van der Waals surface area (Å²) in [5, 5.41) is 9.77. The molecule has 7 heteroatoms. The molecule has 26 heavy (non-hydrogen) atoms. The molecule has 138 valence electrons. The average molecular weight is 374 g/mol. The Bertz CT molecular complexity index is 794. The van der Waals surface area contributed by atoms with Crippen molar-refractivity contribution in [2.75, 3.05) is 26.0 Å². The number of thiophene rings is 1. The molecule has 3 N–H and O–H groups in total. The number of hydrogen-bond donors (Lipinski definition) is 2. The van der Waals surface area contributed by atoms with Crippen LogP contribution in [0.2, 0.25) is 0 Å². The van der Waals surface area contributed by atoms with Gasteiger partial charge in [0.1, 0.15) is 34.8 Å². The van der Waals surface area contributed by atoms with Gasteiger partial charge in [-0.15, -0.1) is 11.3 Å². The molecule has 2 rings (SSSR count). The highest BCUT2D eigenvalue weighted by Gasteiger charge is 2.25. The van der Waals surface area contributed by atoms with Crippen LogP contribution in [0.15, 0.2) is 24.3 Å². The van der Waals surface area contributed by atoms with E-state index < -0.39 is 5.97 Å². The minimum atomic E-state index is -0.422. The lowest BCUT2D eigenvalue weighted by Crippen LogP contribution is -3.06. The molecule has 0 fully saturated rings. The fraction of sp³-hybridized carbons (Fsp3) is 0.368. The van der Waals surface area contributed by atoms with E-state index in [0.29, 0.717) is 34.2 Å². The van der Waals surface area contributed by atoms with Crippen molar-refractivity contribution in [1.82, 2.24) is 0 Å². The summed E-state index contributed by atoms with van der Waals surface area (Å²) in [6.45, 7) is 5.88. The lowest BCUT2D eigenvalue weighted by molar-refractivity contribution is -0.907. The third-order valence-corrected chi connectivity index (χ3v) is 4.87. The van der Waals surface area contributed by atoms with Gasteiger partial charge in [-0.25, -0.2) is 4.79 Å². The van der Waals surface area contributed by atoms with Crippen LogP contribution in [0.4, 0.5) is 5.00 Å². The monoisotopic (exact) mass is 374 g/mol. The second-order valence-corrected chi connectivity index (χ2v) is 6.92. The lowest BCUT2D eigenvalue weighted by Gasteiger charge is -2.15. The van der Waals surface area contributed by atoms with Crippen molar-refractivity contribution < 1.29 is 19.2 Å². The number of nitrogens with one attached hydrogen (secondary N) is 1. The van der Waals surface area contributed by atoms with E-state index in [0.717, 1.165) is 34.1 Å². The quantitative estimate of drug-likeness (QED) is 0.690. The summed E-state index contributed by atoms with van der Waals surface area (Å²) in [4.78, 5) is 13.7. The summed E-state index contributed by atoms with van der Waals surface area (Å²) in [7, 11) is 2.01. The molecule has 0 radical (unpaired) electrons. The van der Waals surface area contributed by atoms with Crippen LogP contribution in [-0.4, -0.2) is 26.2 Å². The Balaban J connectivity index is 2.16. The van der Waals surface area contributed by atoms with E-state index in [1.807, 2.05) is 38.2 Å². The number of quaternary nitrogens is 1. The third kappa shape index (κ3) is 4.75. The minimum absolute atomic E-state index is 0.285. The molecule has 1 unspecified atom stereocenters. The highest BCUT2D eigenvalue weighted by atomic mass is 32.1.